The van der Waals surface area contributed by atoms with Crippen molar-refractivity contribution in [2.45, 2.75) is 45.4 Å². The van der Waals surface area contributed by atoms with Gasteiger partial charge in [-0.25, -0.2) is 0 Å². The quantitative estimate of drug-likeness (QED) is 0.698. The zero-order chi connectivity index (χ0) is 19.3. The van der Waals surface area contributed by atoms with Crippen molar-refractivity contribution in [3.05, 3.63) is 44.4 Å². The normalized spacial score (nSPS) is 21.3. The number of rotatable bonds is 7. The van der Waals surface area contributed by atoms with Gasteiger partial charge >= 0.3 is 4.87 Å². The summed E-state index contributed by atoms with van der Waals surface area (Å²) in [5.41, 5.74) is 2.06. The molecule has 1 aliphatic carbocycles. The average Bonchev–Trinajstić information content (AvgIpc) is 2.99. The van der Waals surface area contributed by atoms with Gasteiger partial charge in [-0.1, -0.05) is 42.0 Å². The molecule has 1 saturated carbocycles. The molecule has 0 bridgehead atoms. The van der Waals surface area contributed by atoms with E-state index in [2.05, 4.69) is 17.1 Å². The lowest BCUT2D eigenvalue weighted by Gasteiger charge is -2.36. The lowest BCUT2D eigenvalue weighted by atomic mass is 9.71. The lowest BCUT2D eigenvalue weighted by molar-refractivity contribution is 0.158. The maximum absolute atomic E-state index is 11.3. The molecule has 0 radical (unpaired) electrons. The van der Waals surface area contributed by atoms with Gasteiger partial charge in [0.05, 0.1) is 17.2 Å². The van der Waals surface area contributed by atoms with E-state index in [-0.39, 0.29) is 16.2 Å². The van der Waals surface area contributed by atoms with E-state index in [9.17, 15) is 9.90 Å². The van der Waals surface area contributed by atoms with Crippen molar-refractivity contribution in [3.8, 4) is 11.6 Å². The number of aromatic amines is 1. The molecule has 1 heterocycles. The summed E-state index contributed by atoms with van der Waals surface area (Å²) in [6.45, 7) is 2.77. The Morgan fingerprint density at radius 2 is 2.07 bits per heavy atom. The first-order valence-corrected chi connectivity index (χ1v) is 10.1. The van der Waals surface area contributed by atoms with Gasteiger partial charge in [-0.15, -0.1) is 0 Å². The van der Waals surface area contributed by atoms with Crippen molar-refractivity contribution in [3.63, 3.8) is 0 Å². The molecule has 0 aliphatic heterocycles. The van der Waals surface area contributed by atoms with Gasteiger partial charge in [0, 0.05) is 11.8 Å². The van der Waals surface area contributed by atoms with E-state index in [0.29, 0.717) is 17.9 Å². The van der Waals surface area contributed by atoms with E-state index in [1.807, 2.05) is 24.3 Å². The molecule has 1 fully saturated rings. The lowest BCUT2D eigenvalue weighted by Crippen LogP contribution is -2.39. The van der Waals surface area contributed by atoms with Crippen LogP contribution in [0.15, 0.2) is 34.2 Å². The molecule has 2 aromatic rings. The van der Waals surface area contributed by atoms with Crippen LogP contribution in [0.1, 0.15) is 49.5 Å². The minimum Gasteiger partial charge on any atom is -0.494 e. The number of hydrogen-bond acceptors (Lipinski definition) is 6. The summed E-state index contributed by atoms with van der Waals surface area (Å²) in [5.74, 6) is 0.762. The number of nitrogens with zero attached hydrogens (tertiary/aromatic N) is 1. The zero-order valence-electron chi connectivity index (χ0n) is 15.8. The Balaban J connectivity index is 1.66. The second-order valence-electron chi connectivity index (χ2n) is 6.96. The molecule has 0 saturated heterocycles. The summed E-state index contributed by atoms with van der Waals surface area (Å²) in [7, 11) is 1.60. The van der Waals surface area contributed by atoms with E-state index < -0.39 is 0 Å². The van der Waals surface area contributed by atoms with Gasteiger partial charge in [0.15, 0.2) is 0 Å². The molecule has 7 heteroatoms. The number of oxime groups is 1. The molecule has 146 valence electrons. The molecule has 1 aromatic carbocycles. The molecule has 3 rings (SSSR count). The highest BCUT2D eigenvalue weighted by Gasteiger charge is 2.37. The summed E-state index contributed by atoms with van der Waals surface area (Å²) in [6, 6.07) is 7.79. The number of nitrogens with one attached hydrogen (secondary N) is 1. The first-order chi connectivity index (χ1) is 13.1. The second kappa shape index (κ2) is 8.61. The number of thiazole rings is 1. The van der Waals surface area contributed by atoms with Crippen LogP contribution in [0.4, 0.5) is 0 Å². The highest BCUT2D eigenvalue weighted by atomic mass is 32.1. The zero-order valence-corrected chi connectivity index (χ0v) is 16.6. The van der Waals surface area contributed by atoms with Crippen molar-refractivity contribution in [2.75, 3.05) is 13.7 Å². The monoisotopic (exact) mass is 390 g/mol. The molecule has 0 spiro atoms. The van der Waals surface area contributed by atoms with Crippen LogP contribution in [-0.2, 0) is 11.3 Å². The molecule has 27 heavy (non-hydrogen) atoms. The molecule has 1 aromatic heterocycles. The Kier molecular flexibility index (Phi) is 6.21. The minimum absolute atomic E-state index is 0.0440. The fourth-order valence-corrected chi connectivity index (χ4v) is 4.40. The standard InChI is InChI=1S/C20H26N2O4S/c1-3-20(11-5-4-6-17(20)22-25-2)13-26-15-9-7-14(8-10-15)12-16-18(23)21-19(24)27-16/h7-10,23H,3-6,11-13H2,1-2H3,(H,21,24). The topological polar surface area (TPSA) is 83.9 Å². The van der Waals surface area contributed by atoms with Gasteiger partial charge in [-0.05, 0) is 43.4 Å². The number of aromatic nitrogens is 1. The van der Waals surface area contributed by atoms with Crippen molar-refractivity contribution in [2.24, 2.45) is 10.6 Å². The number of aromatic hydroxyl groups is 1. The van der Waals surface area contributed by atoms with Crippen molar-refractivity contribution in [1.29, 1.82) is 0 Å². The second-order valence-corrected chi connectivity index (χ2v) is 8.02. The highest BCUT2D eigenvalue weighted by Crippen LogP contribution is 2.38. The van der Waals surface area contributed by atoms with Crippen molar-refractivity contribution < 1.29 is 14.7 Å². The van der Waals surface area contributed by atoms with Crippen LogP contribution in [-0.4, -0.2) is 29.5 Å². The van der Waals surface area contributed by atoms with E-state index in [0.717, 1.165) is 54.0 Å². The first kappa shape index (κ1) is 19.5. The van der Waals surface area contributed by atoms with Crippen LogP contribution in [0.25, 0.3) is 0 Å². The van der Waals surface area contributed by atoms with Crippen LogP contribution in [0.3, 0.4) is 0 Å². The van der Waals surface area contributed by atoms with Gasteiger partial charge in [-0.2, -0.15) is 0 Å². The summed E-state index contributed by atoms with van der Waals surface area (Å²) in [4.78, 5) is 19.1. The molecule has 0 amide bonds. The average molecular weight is 391 g/mol. The maximum atomic E-state index is 11.3. The summed E-state index contributed by atoms with van der Waals surface area (Å²) in [6.07, 6.45) is 5.85. The van der Waals surface area contributed by atoms with E-state index in [1.165, 1.54) is 6.42 Å². The first-order valence-electron chi connectivity index (χ1n) is 9.29. The Morgan fingerprint density at radius 3 is 2.70 bits per heavy atom. The number of benzene rings is 1. The van der Waals surface area contributed by atoms with Gasteiger partial charge in [0.2, 0.25) is 5.88 Å². The van der Waals surface area contributed by atoms with Gasteiger partial charge < -0.3 is 14.7 Å². The summed E-state index contributed by atoms with van der Waals surface area (Å²) >= 11 is 1.03. The summed E-state index contributed by atoms with van der Waals surface area (Å²) < 4.78 is 6.11. The maximum Gasteiger partial charge on any atom is 0.307 e. The summed E-state index contributed by atoms with van der Waals surface area (Å²) in [5, 5.41) is 14.0. The molecule has 2 N–H and O–H groups in total. The van der Waals surface area contributed by atoms with Crippen LogP contribution in [0.2, 0.25) is 0 Å². The SMILES string of the molecule is CCC1(COc2ccc(Cc3sc(=O)[nH]c3O)cc2)CCCCC1=NOC. The highest BCUT2D eigenvalue weighted by molar-refractivity contribution is 7.09. The molecule has 6 nitrogen and oxygen atoms in total. The van der Waals surface area contributed by atoms with Crippen LogP contribution in [0, 0.1) is 5.41 Å². The Hall–Kier alpha value is -2.28. The van der Waals surface area contributed by atoms with Crippen LogP contribution < -0.4 is 9.61 Å². The van der Waals surface area contributed by atoms with Crippen LogP contribution in [0.5, 0.6) is 11.6 Å². The molecular formula is C20H26N2O4S. The molecular weight excluding hydrogens is 364 g/mol. The smallest absolute Gasteiger partial charge is 0.307 e. The predicted octanol–water partition coefficient (Wildman–Crippen LogP) is 4.08. The fraction of sp³-hybridized carbons (Fsp3) is 0.500. The minimum atomic E-state index is -0.242. The number of H-pyrrole nitrogens is 1. The largest absolute Gasteiger partial charge is 0.494 e. The third-order valence-electron chi connectivity index (χ3n) is 5.31. The Morgan fingerprint density at radius 1 is 1.30 bits per heavy atom. The Labute approximate surface area is 162 Å². The third kappa shape index (κ3) is 4.53. The Bertz CT molecular complexity index is 840. The predicted molar refractivity (Wildman–Crippen MR) is 107 cm³/mol. The van der Waals surface area contributed by atoms with Gasteiger partial charge in [0.25, 0.3) is 0 Å². The fourth-order valence-electron chi connectivity index (χ4n) is 3.64. The van der Waals surface area contributed by atoms with Crippen molar-refractivity contribution in [1.82, 2.24) is 4.98 Å². The van der Waals surface area contributed by atoms with E-state index in [1.54, 1.807) is 7.11 Å². The molecule has 1 atom stereocenters. The molecule has 1 unspecified atom stereocenters. The van der Waals surface area contributed by atoms with Gasteiger partial charge in [0.1, 0.15) is 12.9 Å². The van der Waals surface area contributed by atoms with E-state index >= 15 is 0 Å². The van der Waals surface area contributed by atoms with Crippen LogP contribution >= 0.6 is 11.3 Å². The van der Waals surface area contributed by atoms with Crippen molar-refractivity contribution >= 4 is 17.0 Å². The van der Waals surface area contributed by atoms with Gasteiger partial charge in [-0.3, -0.25) is 9.78 Å². The number of hydrogen-bond donors (Lipinski definition) is 2. The molecule has 1 aliphatic rings. The number of ether oxygens (including phenoxy) is 1. The van der Waals surface area contributed by atoms with E-state index in [4.69, 9.17) is 9.57 Å². The third-order valence-corrected chi connectivity index (χ3v) is 6.18.